The summed E-state index contributed by atoms with van der Waals surface area (Å²) in [7, 11) is 2.14. The minimum atomic E-state index is -0.113. The summed E-state index contributed by atoms with van der Waals surface area (Å²) >= 11 is 6.66. The van der Waals surface area contributed by atoms with E-state index in [1.165, 1.54) is 0 Å². The van der Waals surface area contributed by atoms with Crippen LogP contribution in [0.4, 0.5) is 21.9 Å². The maximum Gasteiger partial charge on any atom is 0.326 e. The zero-order chi connectivity index (χ0) is 24.7. The summed E-state index contributed by atoms with van der Waals surface area (Å²) in [5, 5.41) is 3.87. The molecule has 0 radical (unpaired) electrons. The molecule has 1 aromatic heterocycles. The summed E-state index contributed by atoms with van der Waals surface area (Å²) in [6.45, 7) is 10.6. The van der Waals surface area contributed by atoms with Crippen LogP contribution in [0.5, 0.6) is 0 Å². The molecule has 6 nitrogen and oxygen atoms in total. The predicted molar refractivity (Wildman–Crippen MR) is 145 cm³/mol. The number of amides is 2. The summed E-state index contributed by atoms with van der Waals surface area (Å²) in [5.41, 5.74) is 9.29. The van der Waals surface area contributed by atoms with Gasteiger partial charge in [0.05, 0.1) is 16.4 Å². The van der Waals surface area contributed by atoms with E-state index in [4.69, 9.17) is 11.6 Å². The Morgan fingerprint density at radius 2 is 1.63 bits per heavy atom. The van der Waals surface area contributed by atoms with Crippen molar-refractivity contribution in [3.05, 3.63) is 70.0 Å². The second-order valence-corrected chi connectivity index (χ2v) is 10.1. The molecule has 182 valence electrons. The number of carbonyl (C=O) groups is 1. The lowest BCUT2D eigenvalue weighted by Crippen LogP contribution is -2.44. The summed E-state index contributed by atoms with van der Waals surface area (Å²) in [5.74, 6) is 0. The van der Waals surface area contributed by atoms with Gasteiger partial charge < -0.3 is 15.1 Å². The molecule has 7 heteroatoms. The summed E-state index contributed by atoms with van der Waals surface area (Å²) in [6, 6.07) is 14.3. The Hall–Kier alpha value is -3.09. The van der Waals surface area contributed by atoms with Crippen molar-refractivity contribution in [1.29, 1.82) is 0 Å². The van der Waals surface area contributed by atoms with Crippen molar-refractivity contribution in [3.63, 3.8) is 0 Å². The van der Waals surface area contributed by atoms with E-state index in [1.54, 1.807) is 0 Å². The number of hydrogen-bond donors (Lipinski definition) is 1. The lowest BCUT2D eigenvalue weighted by Gasteiger charge is -2.35. The van der Waals surface area contributed by atoms with Gasteiger partial charge in [-0.1, -0.05) is 17.7 Å². The minimum absolute atomic E-state index is 0.113. The predicted octanol–water partition coefficient (Wildman–Crippen LogP) is 5.67. The van der Waals surface area contributed by atoms with Crippen LogP contribution in [0.25, 0.3) is 11.1 Å². The smallest absolute Gasteiger partial charge is 0.326 e. The topological polar surface area (TPSA) is 51.7 Å². The lowest BCUT2D eigenvalue weighted by atomic mass is 9.99. The van der Waals surface area contributed by atoms with Crippen LogP contribution in [0.1, 0.15) is 22.5 Å². The number of urea groups is 1. The maximum absolute atomic E-state index is 13.3. The number of piperazine rings is 1. The molecule has 1 N–H and O–H groups in total. The van der Waals surface area contributed by atoms with Crippen LogP contribution in [0.3, 0.4) is 0 Å². The fourth-order valence-corrected chi connectivity index (χ4v) is 5.45. The third-order valence-corrected chi connectivity index (χ3v) is 7.31. The number of likely N-dealkylation sites (N-methyl/N-ethyl adjacent to an activating group) is 1. The van der Waals surface area contributed by atoms with Crippen molar-refractivity contribution in [2.45, 2.75) is 27.2 Å². The van der Waals surface area contributed by atoms with Crippen molar-refractivity contribution in [2.24, 2.45) is 0 Å². The maximum atomic E-state index is 13.3. The number of nitrogens with zero attached hydrogens (tertiary/aromatic N) is 4. The van der Waals surface area contributed by atoms with Crippen LogP contribution in [0.15, 0.2) is 42.5 Å². The molecule has 35 heavy (non-hydrogen) atoms. The van der Waals surface area contributed by atoms with Crippen LogP contribution in [-0.2, 0) is 6.42 Å². The average Bonchev–Trinajstić information content (AvgIpc) is 3.21. The monoisotopic (exact) mass is 489 g/mol. The first kappa shape index (κ1) is 23.6. The largest absolute Gasteiger partial charge is 0.368 e. The number of pyridine rings is 1. The molecule has 0 atom stereocenters. The first-order valence-electron chi connectivity index (χ1n) is 12.2. The molecule has 0 saturated carbocycles. The van der Waals surface area contributed by atoms with E-state index in [0.717, 1.165) is 88.3 Å². The lowest BCUT2D eigenvalue weighted by molar-refractivity contribution is 0.257. The van der Waals surface area contributed by atoms with E-state index in [1.807, 2.05) is 36.9 Å². The van der Waals surface area contributed by atoms with Crippen LogP contribution in [0, 0.1) is 20.8 Å². The number of benzene rings is 2. The quantitative estimate of drug-likeness (QED) is 0.514. The second kappa shape index (κ2) is 9.51. The highest BCUT2D eigenvalue weighted by molar-refractivity contribution is 6.33. The highest BCUT2D eigenvalue weighted by Gasteiger charge is 2.28. The van der Waals surface area contributed by atoms with E-state index in [9.17, 15) is 4.79 Å². The Morgan fingerprint density at radius 1 is 0.914 bits per heavy atom. The highest BCUT2D eigenvalue weighted by atomic mass is 35.5. The van der Waals surface area contributed by atoms with Gasteiger partial charge in [-0.25, -0.2) is 4.79 Å². The molecule has 2 amide bonds. The summed E-state index contributed by atoms with van der Waals surface area (Å²) in [4.78, 5) is 24.3. The summed E-state index contributed by atoms with van der Waals surface area (Å²) < 4.78 is 0. The molecule has 0 bridgehead atoms. The number of fused-ring (bicyclic) bond motifs is 1. The molecule has 1 saturated heterocycles. The molecule has 3 aromatic rings. The van der Waals surface area contributed by atoms with Gasteiger partial charge in [0.25, 0.3) is 0 Å². The van der Waals surface area contributed by atoms with E-state index in [2.05, 4.69) is 58.3 Å². The number of anilines is 3. The Labute approximate surface area is 212 Å². The molecule has 2 aliphatic rings. The van der Waals surface area contributed by atoms with Crippen molar-refractivity contribution >= 4 is 34.7 Å². The van der Waals surface area contributed by atoms with Gasteiger partial charge in [0, 0.05) is 49.8 Å². The fourth-order valence-electron chi connectivity index (χ4n) is 5.14. The van der Waals surface area contributed by atoms with Gasteiger partial charge in [0.1, 0.15) is 0 Å². The number of carbonyl (C=O) groups excluding carboxylic acids is 1. The Kier molecular flexibility index (Phi) is 6.43. The van der Waals surface area contributed by atoms with Crippen LogP contribution in [0.2, 0.25) is 5.02 Å². The van der Waals surface area contributed by atoms with Gasteiger partial charge in [0.2, 0.25) is 0 Å². The SMILES string of the molecule is Cc1cc(-c2ccc(NC(=O)N3CCc4cc(Cl)c(N5CCN(C)CC5)cc43)cc2C)cc(C)n1. The van der Waals surface area contributed by atoms with Crippen molar-refractivity contribution in [1.82, 2.24) is 9.88 Å². The molecule has 0 unspecified atom stereocenters. The Bertz CT molecular complexity index is 1260. The van der Waals surface area contributed by atoms with E-state index < -0.39 is 0 Å². The molecule has 3 heterocycles. The standard InChI is InChI=1S/C28H32ClN5O/c1-18-13-23(5-6-24(18)22-14-19(2)30-20(3)15-22)31-28(35)34-8-7-21-16-25(29)27(17-26(21)34)33-11-9-32(4)10-12-33/h5-6,13-17H,7-12H2,1-4H3,(H,31,35). The molecule has 2 aromatic carbocycles. The van der Waals surface area contributed by atoms with Crippen molar-refractivity contribution in [3.8, 4) is 11.1 Å². The highest BCUT2D eigenvalue weighted by Crippen LogP contribution is 2.38. The average molecular weight is 490 g/mol. The minimum Gasteiger partial charge on any atom is -0.368 e. The fraction of sp³-hybridized carbons (Fsp3) is 0.357. The molecule has 0 aliphatic carbocycles. The van der Waals surface area contributed by atoms with E-state index in [-0.39, 0.29) is 6.03 Å². The normalized spacial score (nSPS) is 15.9. The zero-order valence-corrected chi connectivity index (χ0v) is 21.6. The number of aromatic nitrogens is 1. The molecule has 5 rings (SSSR count). The van der Waals surface area contributed by atoms with Gasteiger partial charge in [-0.3, -0.25) is 9.88 Å². The molecule has 0 spiro atoms. The third-order valence-electron chi connectivity index (χ3n) is 7.00. The molecular formula is C28H32ClN5O. The molecular weight excluding hydrogens is 458 g/mol. The number of rotatable bonds is 3. The molecule has 2 aliphatic heterocycles. The van der Waals surface area contributed by atoms with Crippen molar-refractivity contribution in [2.75, 3.05) is 54.9 Å². The first-order chi connectivity index (χ1) is 16.8. The Morgan fingerprint density at radius 3 is 2.31 bits per heavy atom. The van der Waals surface area contributed by atoms with E-state index >= 15 is 0 Å². The van der Waals surface area contributed by atoms with Crippen LogP contribution >= 0.6 is 11.6 Å². The molecule has 1 fully saturated rings. The second-order valence-electron chi connectivity index (χ2n) is 9.72. The number of hydrogen-bond acceptors (Lipinski definition) is 4. The van der Waals surface area contributed by atoms with Gasteiger partial charge in [0.15, 0.2) is 0 Å². The van der Waals surface area contributed by atoms with E-state index in [0.29, 0.717) is 6.54 Å². The van der Waals surface area contributed by atoms with Gasteiger partial charge in [-0.15, -0.1) is 0 Å². The van der Waals surface area contributed by atoms with Gasteiger partial charge >= 0.3 is 6.03 Å². The van der Waals surface area contributed by atoms with Crippen LogP contribution < -0.4 is 15.1 Å². The van der Waals surface area contributed by atoms with Gasteiger partial charge in [-0.05, 0) is 92.9 Å². The third kappa shape index (κ3) is 4.86. The van der Waals surface area contributed by atoms with Crippen LogP contribution in [-0.4, -0.2) is 55.7 Å². The zero-order valence-electron chi connectivity index (χ0n) is 20.9. The summed E-state index contributed by atoms with van der Waals surface area (Å²) in [6.07, 6.45) is 0.810. The van der Waals surface area contributed by atoms with Crippen molar-refractivity contribution < 1.29 is 4.79 Å². The number of aryl methyl sites for hydroxylation is 3. The van der Waals surface area contributed by atoms with Gasteiger partial charge in [-0.2, -0.15) is 0 Å². The Balaban J connectivity index is 1.35. The number of halogens is 1. The number of nitrogens with one attached hydrogen (secondary N) is 1. The first-order valence-corrected chi connectivity index (χ1v) is 12.6.